The maximum absolute atomic E-state index is 13.2. The number of aliphatic carboxylic acids is 1. The van der Waals surface area contributed by atoms with Crippen LogP contribution in [-0.4, -0.2) is 58.0 Å². The number of likely N-dealkylation sites (tertiary alicyclic amines) is 1. The van der Waals surface area contributed by atoms with Crippen LogP contribution in [0, 0.1) is 25.2 Å². The van der Waals surface area contributed by atoms with Crippen LogP contribution >= 0.6 is 0 Å². The molecule has 2 saturated heterocycles. The SMILES string of the molecule is Cc1cc(C)n(-c2cccc(C(=O)N3CC(C(=O)O)C4(CCOCC4)C3)c2)n1. The van der Waals surface area contributed by atoms with E-state index in [9.17, 15) is 14.7 Å². The topological polar surface area (TPSA) is 84.7 Å². The summed E-state index contributed by atoms with van der Waals surface area (Å²) >= 11 is 0. The number of ether oxygens (including phenoxy) is 1. The highest BCUT2D eigenvalue weighted by Gasteiger charge is 2.52. The van der Waals surface area contributed by atoms with Crippen LogP contribution in [0.3, 0.4) is 0 Å². The highest BCUT2D eigenvalue weighted by atomic mass is 16.5. The molecule has 0 radical (unpaired) electrons. The van der Waals surface area contributed by atoms with Crippen molar-refractivity contribution in [2.24, 2.45) is 11.3 Å². The van der Waals surface area contributed by atoms with E-state index in [4.69, 9.17) is 4.74 Å². The number of rotatable bonds is 3. The molecular weight excluding hydrogens is 358 g/mol. The van der Waals surface area contributed by atoms with E-state index in [1.807, 2.05) is 42.8 Å². The molecule has 1 aromatic heterocycles. The third-order valence-electron chi connectivity index (χ3n) is 6.07. The maximum Gasteiger partial charge on any atom is 0.308 e. The first-order valence-corrected chi connectivity index (χ1v) is 9.63. The van der Waals surface area contributed by atoms with Gasteiger partial charge in [-0.1, -0.05) is 6.07 Å². The highest BCUT2D eigenvalue weighted by Crippen LogP contribution is 2.44. The van der Waals surface area contributed by atoms with Gasteiger partial charge in [0.05, 0.1) is 17.3 Å². The molecule has 148 valence electrons. The minimum absolute atomic E-state index is 0.127. The first kappa shape index (κ1) is 18.7. The van der Waals surface area contributed by atoms with Crippen LogP contribution in [0.25, 0.3) is 5.69 Å². The lowest BCUT2D eigenvalue weighted by molar-refractivity contribution is -0.146. The van der Waals surface area contributed by atoms with Crippen molar-refractivity contribution < 1.29 is 19.4 Å². The van der Waals surface area contributed by atoms with Gasteiger partial charge in [0, 0.05) is 43.0 Å². The third-order valence-corrected chi connectivity index (χ3v) is 6.07. The molecule has 1 N–H and O–H groups in total. The lowest BCUT2D eigenvalue weighted by Crippen LogP contribution is -2.40. The Balaban J connectivity index is 1.60. The van der Waals surface area contributed by atoms with Crippen molar-refractivity contribution >= 4 is 11.9 Å². The van der Waals surface area contributed by atoms with Crippen LogP contribution in [-0.2, 0) is 9.53 Å². The number of carboxylic acid groups (broad SMARTS) is 1. The van der Waals surface area contributed by atoms with Crippen molar-refractivity contribution in [3.8, 4) is 5.69 Å². The van der Waals surface area contributed by atoms with Gasteiger partial charge in [0.1, 0.15) is 0 Å². The first-order valence-electron chi connectivity index (χ1n) is 9.63. The number of carboxylic acids is 1. The van der Waals surface area contributed by atoms with E-state index >= 15 is 0 Å². The zero-order chi connectivity index (χ0) is 19.9. The molecule has 0 aliphatic carbocycles. The fraction of sp³-hybridized carbons (Fsp3) is 0.476. The molecule has 2 aliphatic heterocycles. The number of amides is 1. The number of nitrogens with zero attached hydrogens (tertiary/aromatic N) is 3. The Hall–Kier alpha value is -2.67. The number of carbonyl (C=O) groups excluding carboxylic acids is 1. The van der Waals surface area contributed by atoms with E-state index in [1.165, 1.54) is 0 Å². The summed E-state index contributed by atoms with van der Waals surface area (Å²) in [6, 6.07) is 9.35. The summed E-state index contributed by atoms with van der Waals surface area (Å²) in [6.45, 7) is 5.73. The molecule has 0 saturated carbocycles. The van der Waals surface area contributed by atoms with E-state index in [2.05, 4.69) is 5.10 Å². The number of aromatic nitrogens is 2. The van der Waals surface area contributed by atoms with Crippen molar-refractivity contribution in [3.05, 3.63) is 47.3 Å². The van der Waals surface area contributed by atoms with Gasteiger partial charge < -0.3 is 14.7 Å². The molecule has 1 spiro atoms. The predicted molar refractivity (Wildman–Crippen MR) is 103 cm³/mol. The Morgan fingerprint density at radius 2 is 1.96 bits per heavy atom. The number of carbonyl (C=O) groups is 2. The summed E-state index contributed by atoms with van der Waals surface area (Å²) in [6.07, 6.45) is 1.36. The first-order chi connectivity index (χ1) is 13.4. The molecule has 1 amide bonds. The molecule has 2 fully saturated rings. The van der Waals surface area contributed by atoms with Gasteiger partial charge in [-0.3, -0.25) is 9.59 Å². The zero-order valence-electron chi connectivity index (χ0n) is 16.2. The van der Waals surface area contributed by atoms with Gasteiger partial charge in [-0.15, -0.1) is 0 Å². The molecular formula is C21H25N3O4. The van der Waals surface area contributed by atoms with E-state index in [1.54, 1.807) is 11.0 Å². The lowest BCUT2D eigenvalue weighted by Gasteiger charge is -2.36. The van der Waals surface area contributed by atoms with Crippen LogP contribution in [0.2, 0.25) is 0 Å². The molecule has 1 unspecified atom stereocenters. The van der Waals surface area contributed by atoms with Crippen LogP contribution in [0.5, 0.6) is 0 Å². The minimum Gasteiger partial charge on any atom is -0.481 e. The monoisotopic (exact) mass is 383 g/mol. The number of hydrogen-bond acceptors (Lipinski definition) is 4. The smallest absolute Gasteiger partial charge is 0.308 e. The molecule has 3 heterocycles. The maximum atomic E-state index is 13.2. The third kappa shape index (κ3) is 3.20. The van der Waals surface area contributed by atoms with Crippen molar-refractivity contribution in [2.45, 2.75) is 26.7 Å². The Bertz CT molecular complexity index is 914. The van der Waals surface area contributed by atoms with Crippen molar-refractivity contribution in [1.82, 2.24) is 14.7 Å². The molecule has 4 rings (SSSR count). The van der Waals surface area contributed by atoms with Gasteiger partial charge in [0.2, 0.25) is 0 Å². The Kier molecular flexibility index (Phi) is 4.71. The number of hydrogen-bond donors (Lipinski definition) is 1. The quantitative estimate of drug-likeness (QED) is 0.880. The average Bonchev–Trinajstić information content (AvgIpc) is 3.21. The van der Waals surface area contributed by atoms with Crippen LogP contribution < -0.4 is 0 Å². The van der Waals surface area contributed by atoms with Gasteiger partial charge >= 0.3 is 5.97 Å². The summed E-state index contributed by atoms with van der Waals surface area (Å²) in [5.74, 6) is -1.49. The molecule has 7 heteroatoms. The average molecular weight is 383 g/mol. The second-order valence-electron chi connectivity index (χ2n) is 7.94. The summed E-state index contributed by atoms with van der Waals surface area (Å²) in [5, 5.41) is 14.2. The molecule has 7 nitrogen and oxygen atoms in total. The van der Waals surface area contributed by atoms with Gasteiger partial charge in [0.15, 0.2) is 0 Å². The zero-order valence-corrected chi connectivity index (χ0v) is 16.2. The molecule has 2 aromatic rings. The van der Waals surface area contributed by atoms with Crippen molar-refractivity contribution in [3.63, 3.8) is 0 Å². The van der Waals surface area contributed by atoms with Gasteiger partial charge in [-0.05, 0) is 51.0 Å². The standard InChI is InChI=1S/C21H25N3O4/c1-14-10-15(2)24(22-14)17-5-3-4-16(11-17)19(25)23-12-18(20(26)27)21(13-23)6-8-28-9-7-21/h3-5,10-11,18H,6-9,12-13H2,1-2H3,(H,26,27). The Morgan fingerprint density at radius 1 is 1.21 bits per heavy atom. The molecule has 2 aliphatic rings. The number of aryl methyl sites for hydroxylation is 2. The normalized spacial score (nSPS) is 21.2. The van der Waals surface area contributed by atoms with Crippen LogP contribution in [0.1, 0.15) is 34.6 Å². The van der Waals surface area contributed by atoms with Crippen molar-refractivity contribution in [2.75, 3.05) is 26.3 Å². The predicted octanol–water partition coefficient (Wildman–Crippen LogP) is 2.44. The fourth-order valence-electron chi connectivity index (χ4n) is 4.59. The highest BCUT2D eigenvalue weighted by molar-refractivity contribution is 5.95. The van der Waals surface area contributed by atoms with Gasteiger partial charge in [0.25, 0.3) is 5.91 Å². The summed E-state index contributed by atoms with van der Waals surface area (Å²) in [4.78, 5) is 26.8. The molecule has 28 heavy (non-hydrogen) atoms. The van der Waals surface area contributed by atoms with E-state index in [0.717, 1.165) is 17.1 Å². The lowest BCUT2D eigenvalue weighted by atomic mass is 9.72. The molecule has 0 bridgehead atoms. The Morgan fingerprint density at radius 3 is 2.61 bits per heavy atom. The minimum atomic E-state index is -0.825. The summed E-state index contributed by atoms with van der Waals surface area (Å²) in [7, 11) is 0. The number of benzene rings is 1. The second-order valence-corrected chi connectivity index (χ2v) is 7.94. The van der Waals surface area contributed by atoms with E-state index in [0.29, 0.717) is 38.2 Å². The van der Waals surface area contributed by atoms with Crippen LogP contribution in [0.15, 0.2) is 30.3 Å². The summed E-state index contributed by atoms with van der Waals surface area (Å²) in [5.41, 5.74) is 2.91. The van der Waals surface area contributed by atoms with Gasteiger partial charge in [-0.25, -0.2) is 4.68 Å². The van der Waals surface area contributed by atoms with E-state index in [-0.39, 0.29) is 17.9 Å². The van der Waals surface area contributed by atoms with Crippen LogP contribution in [0.4, 0.5) is 0 Å². The van der Waals surface area contributed by atoms with E-state index < -0.39 is 11.9 Å². The van der Waals surface area contributed by atoms with Gasteiger partial charge in [-0.2, -0.15) is 5.10 Å². The fourth-order valence-corrected chi connectivity index (χ4v) is 4.59. The summed E-state index contributed by atoms with van der Waals surface area (Å²) < 4.78 is 7.25. The molecule has 1 aromatic carbocycles. The Labute approximate surface area is 163 Å². The largest absolute Gasteiger partial charge is 0.481 e. The second kappa shape index (κ2) is 7.05. The van der Waals surface area contributed by atoms with Crippen molar-refractivity contribution in [1.29, 1.82) is 0 Å². The molecule has 1 atom stereocenters.